The normalized spacial score (nSPS) is 14.6. The monoisotopic (exact) mass is 268 g/mol. The Kier molecular flexibility index (Phi) is 4.28. The van der Waals surface area contributed by atoms with Gasteiger partial charge in [0.05, 0.1) is 0 Å². The first-order chi connectivity index (χ1) is 8.72. The lowest BCUT2D eigenvalue weighted by molar-refractivity contribution is -0.113. The summed E-state index contributed by atoms with van der Waals surface area (Å²) in [6.45, 7) is 9.23. The molecule has 0 bridgehead atoms. The minimum atomic E-state index is -1.27. The van der Waals surface area contributed by atoms with Gasteiger partial charge in [0.15, 0.2) is 17.6 Å². The van der Waals surface area contributed by atoms with Crippen molar-refractivity contribution in [2.75, 3.05) is 0 Å². The first-order valence-corrected chi connectivity index (χ1v) is 6.07. The van der Waals surface area contributed by atoms with Crippen molar-refractivity contribution in [1.29, 1.82) is 0 Å². The smallest absolute Gasteiger partial charge is 0.408 e. The molecule has 106 valence electrons. The molecule has 0 saturated carbocycles. The molecule has 1 unspecified atom stereocenters. The first-order valence-electron chi connectivity index (χ1n) is 6.07. The van der Waals surface area contributed by atoms with E-state index in [0.717, 1.165) is 0 Å². The van der Waals surface area contributed by atoms with Gasteiger partial charge in [-0.2, -0.15) is 5.10 Å². The zero-order valence-corrected chi connectivity index (χ0v) is 11.9. The molecule has 0 aromatic carbocycles. The molecule has 1 rings (SSSR count). The summed E-state index contributed by atoms with van der Waals surface area (Å²) in [5.74, 6) is 0.371. The van der Waals surface area contributed by atoms with Crippen LogP contribution < -0.4 is 5.32 Å². The van der Waals surface area contributed by atoms with Crippen molar-refractivity contribution in [2.45, 2.75) is 52.3 Å². The number of aryl methyl sites for hydroxylation is 1. The van der Waals surface area contributed by atoms with E-state index in [1.807, 2.05) is 6.92 Å². The molecule has 7 heteroatoms. The van der Waals surface area contributed by atoms with Crippen LogP contribution in [0.1, 0.15) is 40.4 Å². The standard InChI is InChI=1S/C12H20N4O3/c1-6-16-9(13-8-14-16)12(5,7-17)15-10(18)19-11(2,3)4/h7-8H,6H2,1-5H3,(H,15,18). The quantitative estimate of drug-likeness (QED) is 0.830. The van der Waals surface area contributed by atoms with E-state index >= 15 is 0 Å². The molecule has 0 radical (unpaired) electrons. The molecule has 0 aliphatic heterocycles. The highest BCUT2D eigenvalue weighted by Crippen LogP contribution is 2.17. The number of carbonyl (C=O) groups is 2. The van der Waals surface area contributed by atoms with Crippen LogP contribution in [0.2, 0.25) is 0 Å². The van der Waals surface area contributed by atoms with E-state index in [1.165, 1.54) is 6.33 Å². The van der Waals surface area contributed by atoms with Gasteiger partial charge in [-0.05, 0) is 34.6 Å². The van der Waals surface area contributed by atoms with Gasteiger partial charge in [-0.3, -0.25) is 0 Å². The van der Waals surface area contributed by atoms with E-state index in [2.05, 4.69) is 15.4 Å². The number of alkyl carbamates (subject to hydrolysis) is 1. The van der Waals surface area contributed by atoms with Gasteiger partial charge in [-0.25, -0.2) is 14.5 Å². The predicted molar refractivity (Wildman–Crippen MR) is 68.5 cm³/mol. The van der Waals surface area contributed by atoms with E-state index in [-0.39, 0.29) is 0 Å². The minimum Gasteiger partial charge on any atom is -0.444 e. The molecule has 0 spiro atoms. The van der Waals surface area contributed by atoms with E-state index in [9.17, 15) is 9.59 Å². The molecule has 1 N–H and O–H groups in total. The number of nitrogens with zero attached hydrogens (tertiary/aromatic N) is 3. The molecule has 1 amide bonds. The van der Waals surface area contributed by atoms with Crippen LogP contribution in [0.25, 0.3) is 0 Å². The van der Waals surface area contributed by atoms with Crippen LogP contribution in [0.5, 0.6) is 0 Å². The molecule has 0 fully saturated rings. The lowest BCUT2D eigenvalue weighted by atomic mass is 10.0. The number of aldehydes is 1. The Balaban J connectivity index is 2.93. The van der Waals surface area contributed by atoms with Gasteiger partial charge in [0.2, 0.25) is 0 Å². The molecule has 0 aliphatic carbocycles. The van der Waals surface area contributed by atoms with Crippen molar-refractivity contribution in [3.63, 3.8) is 0 Å². The number of nitrogens with one attached hydrogen (secondary N) is 1. The third-order valence-electron chi connectivity index (χ3n) is 2.38. The topological polar surface area (TPSA) is 86.1 Å². The van der Waals surface area contributed by atoms with Crippen LogP contribution >= 0.6 is 0 Å². The van der Waals surface area contributed by atoms with Crippen LogP contribution in [0.15, 0.2) is 6.33 Å². The second-order valence-corrected chi connectivity index (χ2v) is 5.35. The number of ether oxygens (including phenoxy) is 1. The summed E-state index contributed by atoms with van der Waals surface area (Å²) in [6, 6.07) is 0. The Labute approximate surface area is 112 Å². The number of aromatic nitrogens is 3. The summed E-state index contributed by atoms with van der Waals surface area (Å²) in [5.41, 5.74) is -1.90. The number of hydrogen-bond acceptors (Lipinski definition) is 5. The highest BCUT2D eigenvalue weighted by Gasteiger charge is 2.34. The Bertz CT molecular complexity index is 464. The maximum atomic E-state index is 11.8. The number of rotatable bonds is 4. The zero-order chi connectivity index (χ0) is 14.7. The van der Waals surface area contributed by atoms with Crippen molar-refractivity contribution in [1.82, 2.24) is 20.1 Å². The van der Waals surface area contributed by atoms with Crippen molar-refractivity contribution >= 4 is 12.4 Å². The molecule has 0 saturated heterocycles. The lowest BCUT2D eigenvalue weighted by Gasteiger charge is -2.26. The van der Waals surface area contributed by atoms with Gasteiger partial charge in [-0.15, -0.1) is 0 Å². The molecule has 19 heavy (non-hydrogen) atoms. The Morgan fingerprint density at radius 3 is 2.58 bits per heavy atom. The predicted octanol–water partition coefficient (Wildman–Crippen LogP) is 1.24. The van der Waals surface area contributed by atoms with Gasteiger partial charge in [0.25, 0.3) is 0 Å². The van der Waals surface area contributed by atoms with Crippen LogP contribution in [0.4, 0.5) is 4.79 Å². The van der Waals surface area contributed by atoms with E-state index in [0.29, 0.717) is 18.7 Å². The van der Waals surface area contributed by atoms with Crippen molar-refractivity contribution in [3.05, 3.63) is 12.2 Å². The largest absolute Gasteiger partial charge is 0.444 e. The fourth-order valence-corrected chi connectivity index (χ4v) is 1.55. The maximum Gasteiger partial charge on any atom is 0.408 e. The van der Waals surface area contributed by atoms with E-state index < -0.39 is 17.2 Å². The zero-order valence-electron chi connectivity index (χ0n) is 11.9. The second-order valence-electron chi connectivity index (χ2n) is 5.35. The number of carbonyl (C=O) groups excluding carboxylic acids is 2. The second kappa shape index (κ2) is 5.38. The highest BCUT2D eigenvalue weighted by atomic mass is 16.6. The average Bonchev–Trinajstić information content (AvgIpc) is 2.74. The van der Waals surface area contributed by atoms with Crippen LogP contribution in [0.3, 0.4) is 0 Å². The van der Waals surface area contributed by atoms with E-state index in [1.54, 1.807) is 32.4 Å². The molecule has 0 aliphatic rings. The highest BCUT2D eigenvalue weighted by molar-refractivity contribution is 5.76. The third-order valence-corrected chi connectivity index (χ3v) is 2.38. The summed E-state index contributed by atoms with van der Waals surface area (Å²) in [4.78, 5) is 27.2. The number of hydrogen-bond donors (Lipinski definition) is 1. The van der Waals surface area contributed by atoms with Gasteiger partial charge in [0, 0.05) is 6.54 Å². The summed E-state index contributed by atoms with van der Waals surface area (Å²) in [6.07, 6.45) is 1.29. The fourth-order valence-electron chi connectivity index (χ4n) is 1.55. The first kappa shape index (κ1) is 15.1. The molecule has 1 aromatic rings. The average molecular weight is 268 g/mol. The number of amides is 1. The van der Waals surface area contributed by atoms with Crippen LogP contribution in [0, 0.1) is 0 Å². The summed E-state index contributed by atoms with van der Waals surface area (Å²) < 4.78 is 6.69. The SMILES string of the molecule is CCn1ncnc1C(C)(C=O)NC(=O)OC(C)(C)C. The van der Waals surface area contributed by atoms with Crippen molar-refractivity contribution in [3.8, 4) is 0 Å². The molecule has 1 heterocycles. The summed E-state index contributed by atoms with van der Waals surface area (Å²) in [7, 11) is 0. The van der Waals surface area contributed by atoms with E-state index in [4.69, 9.17) is 4.74 Å². The Morgan fingerprint density at radius 2 is 2.11 bits per heavy atom. The molecule has 7 nitrogen and oxygen atoms in total. The Morgan fingerprint density at radius 1 is 1.47 bits per heavy atom. The van der Waals surface area contributed by atoms with Crippen LogP contribution in [-0.2, 0) is 21.6 Å². The van der Waals surface area contributed by atoms with Crippen molar-refractivity contribution < 1.29 is 14.3 Å². The van der Waals surface area contributed by atoms with Gasteiger partial charge in [0.1, 0.15) is 11.9 Å². The summed E-state index contributed by atoms with van der Waals surface area (Å²) in [5, 5.41) is 6.51. The fraction of sp³-hybridized carbons (Fsp3) is 0.667. The lowest BCUT2D eigenvalue weighted by Crippen LogP contribution is -2.48. The molecular formula is C12H20N4O3. The summed E-state index contributed by atoms with van der Waals surface area (Å²) >= 11 is 0. The minimum absolute atomic E-state index is 0.371. The molecule has 1 atom stereocenters. The van der Waals surface area contributed by atoms with Crippen molar-refractivity contribution in [2.24, 2.45) is 0 Å². The third kappa shape index (κ3) is 3.77. The van der Waals surface area contributed by atoms with Crippen LogP contribution in [-0.4, -0.2) is 32.7 Å². The van der Waals surface area contributed by atoms with Gasteiger partial charge in [-0.1, -0.05) is 0 Å². The Hall–Kier alpha value is -1.92. The van der Waals surface area contributed by atoms with Gasteiger partial charge < -0.3 is 14.8 Å². The molecule has 1 aromatic heterocycles. The van der Waals surface area contributed by atoms with Gasteiger partial charge >= 0.3 is 6.09 Å². The molecular weight excluding hydrogens is 248 g/mol. The maximum absolute atomic E-state index is 11.8.